The molecule has 0 aliphatic carbocycles. The van der Waals surface area contributed by atoms with Crippen LogP contribution in [-0.2, 0) is 10.2 Å². The van der Waals surface area contributed by atoms with Crippen molar-refractivity contribution in [2.24, 2.45) is 5.10 Å². The lowest BCUT2D eigenvalue weighted by Gasteiger charge is -2.18. The Balaban J connectivity index is 1.75. The zero-order valence-electron chi connectivity index (χ0n) is 13.6. The zero-order chi connectivity index (χ0) is 16.0. The number of nitrogens with one attached hydrogen (secondary N) is 2. The summed E-state index contributed by atoms with van der Waals surface area (Å²) in [6, 6.07) is 8.40. The first-order chi connectivity index (χ1) is 10.4. The summed E-state index contributed by atoms with van der Waals surface area (Å²) in [5, 5.41) is 7.81. The van der Waals surface area contributed by atoms with Gasteiger partial charge in [-0.15, -0.1) is 0 Å². The summed E-state index contributed by atoms with van der Waals surface area (Å²) in [5.41, 5.74) is 5.36. The molecule has 1 aliphatic rings. The average Bonchev–Trinajstić information content (AvgIpc) is 2.98. The van der Waals surface area contributed by atoms with Gasteiger partial charge in [0.25, 0.3) is 0 Å². The van der Waals surface area contributed by atoms with Gasteiger partial charge >= 0.3 is 0 Å². The van der Waals surface area contributed by atoms with Crippen molar-refractivity contribution in [3.05, 3.63) is 35.4 Å². The SMILES string of the molecule is CC(C)(C)c1ccc(/C=N\NC(=S)NC[C@@H]2CCCO2)cc1. The van der Waals surface area contributed by atoms with Gasteiger partial charge in [0.1, 0.15) is 0 Å². The molecule has 0 spiro atoms. The maximum Gasteiger partial charge on any atom is 0.187 e. The van der Waals surface area contributed by atoms with E-state index in [1.54, 1.807) is 6.21 Å². The normalized spacial score (nSPS) is 18.6. The molecule has 0 unspecified atom stereocenters. The van der Waals surface area contributed by atoms with Gasteiger partial charge in [-0.05, 0) is 41.6 Å². The van der Waals surface area contributed by atoms with Crippen LogP contribution in [0.1, 0.15) is 44.7 Å². The fourth-order valence-corrected chi connectivity index (χ4v) is 2.42. The maximum absolute atomic E-state index is 5.53. The molecule has 4 nitrogen and oxygen atoms in total. The lowest BCUT2D eigenvalue weighted by atomic mass is 9.87. The lowest BCUT2D eigenvalue weighted by Crippen LogP contribution is -2.37. The van der Waals surface area contributed by atoms with Gasteiger partial charge in [0.05, 0.1) is 12.3 Å². The summed E-state index contributed by atoms with van der Waals surface area (Å²) in [6.07, 6.45) is 4.27. The number of benzene rings is 1. The number of ether oxygens (including phenoxy) is 1. The summed E-state index contributed by atoms with van der Waals surface area (Å²) >= 11 is 5.18. The molecule has 0 aromatic heterocycles. The van der Waals surface area contributed by atoms with Gasteiger partial charge < -0.3 is 10.1 Å². The molecule has 120 valence electrons. The highest BCUT2D eigenvalue weighted by atomic mass is 32.1. The molecule has 2 rings (SSSR count). The highest BCUT2D eigenvalue weighted by molar-refractivity contribution is 7.80. The second-order valence-corrected chi connectivity index (χ2v) is 7.00. The Morgan fingerprint density at radius 2 is 2.09 bits per heavy atom. The third-order valence-corrected chi connectivity index (χ3v) is 3.91. The summed E-state index contributed by atoms with van der Waals surface area (Å²) in [7, 11) is 0. The topological polar surface area (TPSA) is 45.7 Å². The van der Waals surface area contributed by atoms with Crippen molar-refractivity contribution in [1.82, 2.24) is 10.7 Å². The number of hydrogen-bond acceptors (Lipinski definition) is 3. The van der Waals surface area contributed by atoms with Crippen molar-refractivity contribution in [1.29, 1.82) is 0 Å². The number of thiocarbonyl (C=S) groups is 1. The van der Waals surface area contributed by atoms with Crippen molar-refractivity contribution >= 4 is 23.5 Å². The van der Waals surface area contributed by atoms with Crippen molar-refractivity contribution in [2.45, 2.75) is 45.1 Å². The second kappa shape index (κ2) is 7.70. The highest BCUT2D eigenvalue weighted by Crippen LogP contribution is 2.21. The Hall–Kier alpha value is -1.46. The van der Waals surface area contributed by atoms with Crippen LogP contribution in [-0.4, -0.2) is 30.6 Å². The van der Waals surface area contributed by atoms with E-state index < -0.39 is 0 Å². The van der Waals surface area contributed by atoms with E-state index in [9.17, 15) is 0 Å². The molecule has 2 N–H and O–H groups in total. The van der Waals surface area contributed by atoms with Crippen LogP contribution in [0.3, 0.4) is 0 Å². The minimum Gasteiger partial charge on any atom is -0.376 e. The summed E-state index contributed by atoms with van der Waals surface area (Å²) in [4.78, 5) is 0. The van der Waals surface area contributed by atoms with Gasteiger partial charge in [0, 0.05) is 13.2 Å². The molecule has 22 heavy (non-hydrogen) atoms. The van der Waals surface area contributed by atoms with E-state index in [0.29, 0.717) is 5.11 Å². The lowest BCUT2D eigenvalue weighted by molar-refractivity contribution is 0.114. The molecule has 0 amide bonds. The van der Waals surface area contributed by atoms with Crippen molar-refractivity contribution in [2.75, 3.05) is 13.2 Å². The van der Waals surface area contributed by atoms with E-state index in [1.807, 2.05) is 0 Å². The highest BCUT2D eigenvalue weighted by Gasteiger charge is 2.15. The van der Waals surface area contributed by atoms with Crippen LogP contribution in [0.25, 0.3) is 0 Å². The van der Waals surface area contributed by atoms with Crippen LogP contribution in [0.15, 0.2) is 29.4 Å². The Labute approximate surface area is 138 Å². The Morgan fingerprint density at radius 1 is 1.36 bits per heavy atom. The zero-order valence-corrected chi connectivity index (χ0v) is 14.4. The smallest absolute Gasteiger partial charge is 0.187 e. The first-order valence-corrected chi connectivity index (χ1v) is 8.15. The molecule has 1 aliphatic heterocycles. The summed E-state index contributed by atoms with van der Waals surface area (Å²) in [6.45, 7) is 8.21. The Kier molecular flexibility index (Phi) is 5.91. The summed E-state index contributed by atoms with van der Waals surface area (Å²) < 4.78 is 5.53. The van der Waals surface area contributed by atoms with Gasteiger partial charge in [0.15, 0.2) is 5.11 Å². The number of rotatable bonds is 4. The molecule has 1 fully saturated rings. The van der Waals surface area contributed by atoms with Crippen molar-refractivity contribution in [3.8, 4) is 0 Å². The van der Waals surface area contributed by atoms with Gasteiger partial charge in [-0.25, -0.2) is 0 Å². The fraction of sp³-hybridized carbons (Fsp3) is 0.529. The largest absolute Gasteiger partial charge is 0.376 e. The van der Waals surface area contributed by atoms with Gasteiger partial charge in [-0.3, -0.25) is 5.43 Å². The molecule has 0 saturated carbocycles. The van der Waals surface area contributed by atoms with Crippen molar-refractivity contribution < 1.29 is 4.74 Å². The molecule has 1 heterocycles. The Bertz CT molecular complexity index is 514. The predicted octanol–water partition coefficient (Wildman–Crippen LogP) is 2.96. The predicted molar refractivity (Wildman–Crippen MR) is 95.4 cm³/mol. The van der Waals surface area contributed by atoms with Crippen LogP contribution in [0.5, 0.6) is 0 Å². The second-order valence-electron chi connectivity index (χ2n) is 6.59. The van der Waals surface area contributed by atoms with E-state index in [0.717, 1.165) is 31.6 Å². The molecule has 1 saturated heterocycles. The third-order valence-electron chi connectivity index (χ3n) is 3.67. The van der Waals surface area contributed by atoms with Crippen molar-refractivity contribution in [3.63, 3.8) is 0 Å². The van der Waals surface area contributed by atoms with Crippen LogP contribution < -0.4 is 10.7 Å². The molecule has 5 heteroatoms. The van der Waals surface area contributed by atoms with Crippen LogP contribution in [0.4, 0.5) is 0 Å². The molecule has 0 radical (unpaired) electrons. The third kappa shape index (κ3) is 5.39. The Morgan fingerprint density at radius 3 is 2.68 bits per heavy atom. The molecule has 1 aromatic carbocycles. The van der Waals surface area contributed by atoms with E-state index in [4.69, 9.17) is 17.0 Å². The van der Waals surface area contributed by atoms with E-state index in [-0.39, 0.29) is 11.5 Å². The number of nitrogens with zero attached hydrogens (tertiary/aromatic N) is 1. The van der Waals surface area contributed by atoms with E-state index in [2.05, 4.69) is 60.9 Å². The number of hydrazone groups is 1. The first-order valence-electron chi connectivity index (χ1n) is 7.74. The first kappa shape index (κ1) is 16.9. The van der Waals surface area contributed by atoms with E-state index >= 15 is 0 Å². The molecular formula is C17H25N3OS. The maximum atomic E-state index is 5.53. The minimum atomic E-state index is 0.168. The van der Waals surface area contributed by atoms with E-state index in [1.165, 1.54) is 5.56 Å². The standard InChI is InChI=1S/C17H25N3OS/c1-17(2,3)14-8-6-13(7-9-14)11-19-20-16(22)18-12-15-5-4-10-21-15/h6-9,11,15H,4-5,10,12H2,1-3H3,(H2,18,20,22)/b19-11-/t15-/m0/s1. The summed E-state index contributed by atoms with van der Waals surface area (Å²) in [5.74, 6) is 0. The van der Waals surface area contributed by atoms with Crippen LogP contribution in [0.2, 0.25) is 0 Å². The number of hydrogen-bond donors (Lipinski definition) is 2. The van der Waals surface area contributed by atoms with Crippen LogP contribution >= 0.6 is 12.2 Å². The monoisotopic (exact) mass is 319 g/mol. The van der Waals surface area contributed by atoms with Crippen LogP contribution in [0, 0.1) is 0 Å². The van der Waals surface area contributed by atoms with Gasteiger partial charge in [-0.1, -0.05) is 45.0 Å². The molecule has 1 aromatic rings. The molecule has 0 bridgehead atoms. The quantitative estimate of drug-likeness (QED) is 0.509. The van der Waals surface area contributed by atoms with Gasteiger partial charge in [-0.2, -0.15) is 5.10 Å². The molecular weight excluding hydrogens is 294 g/mol. The van der Waals surface area contributed by atoms with Gasteiger partial charge in [0.2, 0.25) is 0 Å². The average molecular weight is 319 g/mol. The fourth-order valence-electron chi connectivity index (χ4n) is 2.29. The molecule has 1 atom stereocenters. The minimum absolute atomic E-state index is 0.168.